The summed E-state index contributed by atoms with van der Waals surface area (Å²) in [5.74, 6) is -0.336. The van der Waals surface area contributed by atoms with E-state index >= 15 is 0 Å². The van der Waals surface area contributed by atoms with Gasteiger partial charge in [-0.25, -0.2) is 4.39 Å². The summed E-state index contributed by atoms with van der Waals surface area (Å²) in [6.45, 7) is 3.88. The Morgan fingerprint density at radius 1 is 1.27 bits per heavy atom. The molecule has 0 saturated heterocycles. The second kappa shape index (κ2) is 5.28. The molecular formula is C15H11FN4O2. The van der Waals surface area contributed by atoms with E-state index in [9.17, 15) is 14.5 Å². The van der Waals surface area contributed by atoms with Crippen LogP contribution in [0.4, 0.5) is 15.8 Å². The van der Waals surface area contributed by atoms with Crippen LogP contribution < -0.4 is 5.32 Å². The SMILES string of the molecule is C=C(Nc1ccc(F)cc1)c1n[nH]c2ccc([N+](=O)[O-])cc12. The molecule has 3 rings (SSSR count). The molecule has 0 unspecified atom stereocenters. The Balaban J connectivity index is 1.95. The molecule has 0 aliphatic carbocycles. The first-order valence-electron chi connectivity index (χ1n) is 6.39. The highest BCUT2D eigenvalue weighted by atomic mass is 19.1. The third kappa shape index (κ3) is 2.51. The number of anilines is 1. The molecule has 0 saturated carbocycles. The van der Waals surface area contributed by atoms with E-state index in [1.54, 1.807) is 18.2 Å². The van der Waals surface area contributed by atoms with E-state index in [4.69, 9.17) is 0 Å². The molecule has 1 aromatic heterocycles. The van der Waals surface area contributed by atoms with Gasteiger partial charge in [-0.3, -0.25) is 15.2 Å². The topological polar surface area (TPSA) is 83.8 Å². The summed E-state index contributed by atoms with van der Waals surface area (Å²) in [6.07, 6.45) is 0. The van der Waals surface area contributed by atoms with Crippen LogP contribution in [0.25, 0.3) is 16.6 Å². The van der Waals surface area contributed by atoms with E-state index in [1.807, 2.05) is 0 Å². The van der Waals surface area contributed by atoms with Crippen molar-refractivity contribution in [3.63, 3.8) is 0 Å². The standard InChI is InChI=1S/C15H11FN4O2/c1-9(17-11-4-2-10(16)3-5-11)15-13-8-12(20(21)22)6-7-14(13)18-19-15/h2-8,17H,1H2,(H,18,19). The van der Waals surface area contributed by atoms with Crippen LogP contribution >= 0.6 is 0 Å². The molecule has 0 radical (unpaired) electrons. The molecule has 0 spiro atoms. The van der Waals surface area contributed by atoms with Crippen molar-refractivity contribution in [1.29, 1.82) is 0 Å². The zero-order valence-corrected chi connectivity index (χ0v) is 11.3. The van der Waals surface area contributed by atoms with Gasteiger partial charge in [0, 0.05) is 23.2 Å². The van der Waals surface area contributed by atoms with Gasteiger partial charge in [-0.15, -0.1) is 0 Å². The first-order chi connectivity index (χ1) is 10.5. The third-order valence-corrected chi connectivity index (χ3v) is 3.18. The summed E-state index contributed by atoms with van der Waals surface area (Å²) >= 11 is 0. The lowest BCUT2D eigenvalue weighted by Crippen LogP contribution is -1.98. The summed E-state index contributed by atoms with van der Waals surface area (Å²) in [7, 11) is 0. The lowest BCUT2D eigenvalue weighted by atomic mass is 10.1. The number of nitro groups is 1. The summed E-state index contributed by atoms with van der Waals surface area (Å²) in [6, 6.07) is 10.2. The second-order valence-corrected chi connectivity index (χ2v) is 4.67. The molecule has 1 heterocycles. The van der Waals surface area contributed by atoms with E-state index in [0.717, 1.165) is 0 Å². The first-order valence-corrected chi connectivity index (χ1v) is 6.39. The van der Waals surface area contributed by atoms with Crippen molar-refractivity contribution in [3.05, 3.63) is 70.7 Å². The average molecular weight is 298 g/mol. The van der Waals surface area contributed by atoms with E-state index < -0.39 is 4.92 Å². The molecule has 0 bridgehead atoms. The maximum Gasteiger partial charge on any atom is 0.270 e. The van der Waals surface area contributed by atoms with Crippen LogP contribution in [0.2, 0.25) is 0 Å². The van der Waals surface area contributed by atoms with Crippen LogP contribution in [-0.4, -0.2) is 15.1 Å². The fourth-order valence-electron chi connectivity index (χ4n) is 2.11. The fourth-order valence-corrected chi connectivity index (χ4v) is 2.11. The molecule has 7 heteroatoms. The number of hydrogen-bond donors (Lipinski definition) is 2. The van der Waals surface area contributed by atoms with Crippen molar-refractivity contribution in [2.75, 3.05) is 5.32 Å². The minimum atomic E-state index is -0.466. The van der Waals surface area contributed by atoms with Crippen molar-refractivity contribution in [3.8, 4) is 0 Å². The molecular weight excluding hydrogens is 287 g/mol. The molecule has 0 atom stereocenters. The molecule has 2 N–H and O–H groups in total. The molecule has 0 aliphatic rings. The largest absolute Gasteiger partial charge is 0.354 e. The minimum Gasteiger partial charge on any atom is -0.354 e. The Labute approximate surface area is 124 Å². The molecule has 22 heavy (non-hydrogen) atoms. The molecule has 0 aliphatic heterocycles. The first kappa shape index (κ1) is 13.7. The number of nitrogens with zero attached hydrogens (tertiary/aromatic N) is 2. The second-order valence-electron chi connectivity index (χ2n) is 4.67. The Morgan fingerprint density at radius 3 is 2.68 bits per heavy atom. The van der Waals surface area contributed by atoms with Crippen LogP contribution in [0.1, 0.15) is 5.69 Å². The van der Waals surface area contributed by atoms with E-state index in [0.29, 0.717) is 28.0 Å². The van der Waals surface area contributed by atoms with Crippen LogP contribution in [0.5, 0.6) is 0 Å². The lowest BCUT2D eigenvalue weighted by Gasteiger charge is -2.07. The summed E-state index contributed by atoms with van der Waals surface area (Å²) < 4.78 is 12.9. The number of nitrogens with one attached hydrogen (secondary N) is 2. The summed E-state index contributed by atoms with van der Waals surface area (Å²) in [5.41, 5.74) is 2.22. The number of H-pyrrole nitrogens is 1. The number of aromatic amines is 1. The molecule has 0 fully saturated rings. The number of hydrogen-bond acceptors (Lipinski definition) is 4. The van der Waals surface area contributed by atoms with E-state index in [1.165, 1.54) is 24.3 Å². The highest BCUT2D eigenvalue weighted by Gasteiger charge is 2.13. The van der Waals surface area contributed by atoms with Gasteiger partial charge in [-0.1, -0.05) is 6.58 Å². The maximum absolute atomic E-state index is 12.9. The quantitative estimate of drug-likeness (QED) is 0.568. The molecule has 6 nitrogen and oxygen atoms in total. The smallest absolute Gasteiger partial charge is 0.270 e. The van der Waals surface area contributed by atoms with E-state index in [2.05, 4.69) is 22.1 Å². The number of nitro benzene ring substituents is 1. The Morgan fingerprint density at radius 2 is 2.00 bits per heavy atom. The van der Waals surface area contributed by atoms with Gasteiger partial charge in [-0.05, 0) is 30.3 Å². The fraction of sp³-hybridized carbons (Fsp3) is 0. The van der Waals surface area contributed by atoms with Crippen molar-refractivity contribution >= 4 is 28.0 Å². The molecule has 110 valence electrons. The predicted octanol–water partition coefficient (Wildman–Crippen LogP) is 3.69. The van der Waals surface area contributed by atoms with Gasteiger partial charge >= 0.3 is 0 Å². The Kier molecular flexibility index (Phi) is 3.30. The highest BCUT2D eigenvalue weighted by Crippen LogP contribution is 2.26. The van der Waals surface area contributed by atoms with Crippen LogP contribution in [0.15, 0.2) is 49.0 Å². The zero-order valence-electron chi connectivity index (χ0n) is 11.3. The number of fused-ring (bicyclic) bond motifs is 1. The summed E-state index contributed by atoms with van der Waals surface area (Å²) in [5, 5.41) is 21.4. The predicted molar refractivity (Wildman–Crippen MR) is 81.8 cm³/mol. The Bertz CT molecular complexity index is 871. The third-order valence-electron chi connectivity index (χ3n) is 3.18. The van der Waals surface area contributed by atoms with Crippen molar-refractivity contribution in [2.24, 2.45) is 0 Å². The number of rotatable bonds is 4. The zero-order chi connectivity index (χ0) is 15.7. The van der Waals surface area contributed by atoms with E-state index in [-0.39, 0.29) is 11.5 Å². The van der Waals surface area contributed by atoms with Gasteiger partial charge in [0.25, 0.3) is 5.69 Å². The number of benzene rings is 2. The van der Waals surface area contributed by atoms with Crippen LogP contribution in [-0.2, 0) is 0 Å². The monoisotopic (exact) mass is 298 g/mol. The van der Waals surface area contributed by atoms with Gasteiger partial charge in [0.05, 0.1) is 16.1 Å². The van der Waals surface area contributed by atoms with Crippen molar-refractivity contribution < 1.29 is 9.31 Å². The van der Waals surface area contributed by atoms with Crippen molar-refractivity contribution in [1.82, 2.24) is 10.2 Å². The van der Waals surface area contributed by atoms with Gasteiger partial charge < -0.3 is 5.32 Å². The van der Waals surface area contributed by atoms with Crippen molar-refractivity contribution in [2.45, 2.75) is 0 Å². The highest BCUT2D eigenvalue weighted by molar-refractivity contribution is 5.93. The maximum atomic E-state index is 12.9. The number of aromatic nitrogens is 2. The number of non-ortho nitro benzene ring substituents is 1. The molecule has 3 aromatic rings. The van der Waals surface area contributed by atoms with Crippen LogP contribution in [0, 0.1) is 15.9 Å². The Hall–Kier alpha value is -3.22. The van der Waals surface area contributed by atoms with Gasteiger partial charge in [0.2, 0.25) is 0 Å². The van der Waals surface area contributed by atoms with Gasteiger partial charge in [0.1, 0.15) is 11.5 Å². The van der Waals surface area contributed by atoms with Gasteiger partial charge in [0.15, 0.2) is 0 Å². The number of halogens is 1. The average Bonchev–Trinajstić information content (AvgIpc) is 2.92. The summed E-state index contributed by atoms with van der Waals surface area (Å²) in [4.78, 5) is 10.4. The molecule has 0 amide bonds. The lowest BCUT2D eigenvalue weighted by molar-refractivity contribution is -0.384. The molecule has 2 aromatic carbocycles. The van der Waals surface area contributed by atoms with Crippen LogP contribution in [0.3, 0.4) is 0 Å². The van der Waals surface area contributed by atoms with Gasteiger partial charge in [-0.2, -0.15) is 5.10 Å². The normalized spacial score (nSPS) is 10.6. The minimum absolute atomic E-state index is 0.0234.